The minimum absolute atomic E-state index is 0.0742. The number of ether oxygens (including phenoxy) is 1. The molecule has 1 amide bonds. The molecule has 0 heterocycles. The van der Waals surface area contributed by atoms with Gasteiger partial charge in [0, 0.05) is 17.8 Å². The molecule has 0 atom stereocenters. The van der Waals surface area contributed by atoms with Crippen LogP contribution in [0.5, 0.6) is 5.75 Å². The summed E-state index contributed by atoms with van der Waals surface area (Å²) < 4.78 is 4.80. The summed E-state index contributed by atoms with van der Waals surface area (Å²) in [4.78, 5) is 23.1. The van der Waals surface area contributed by atoms with Crippen LogP contribution in [0.25, 0.3) is 0 Å². The number of hydrogen-bond donors (Lipinski definition) is 3. The quantitative estimate of drug-likeness (QED) is 0.687. The summed E-state index contributed by atoms with van der Waals surface area (Å²) in [6, 6.07) is 4.48. The Morgan fingerprint density at radius 1 is 1.35 bits per heavy atom. The maximum Gasteiger partial charge on any atom is 0.341 e. The number of esters is 1. The zero-order valence-corrected chi connectivity index (χ0v) is 11.9. The summed E-state index contributed by atoms with van der Waals surface area (Å²) in [6.45, 7) is 5.97. The van der Waals surface area contributed by atoms with Gasteiger partial charge in [-0.2, -0.15) is 0 Å². The Balaban J connectivity index is 2.68. The van der Waals surface area contributed by atoms with Crippen molar-refractivity contribution in [1.29, 1.82) is 0 Å². The highest BCUT2D eigenvalue weighted by atomic mass is 16.5. The number of anilines is 1. The molecule has 0 aliphatic carbocycles. The smallest absolute Gasteiger partial charge is 0.341 e. The van der Waals surface area contributed by atoms with Crippen LogP contribution in [0.4, 0.5) is 5.69 Å². The van der Waals surface area contributed by atoms with Crippen molar-refractivity contribution in [3.8, 4) is 5.75 Å². The van der Waals surface area contributed by atoms with E-state index in [0.29, 0.717) is 5.69 Å². The predicted octanol–water partition coefficient (Wildman–Crippen LogP) is 1.51. The van der Waals surface area contributed by atoms with Gasteiger partial charge >= 0.3 is 5.97 Å². The Kier molecular flexibility index (Phi) is 5.99. The van der Waals surface area contributed by atoms with Gasteiger partial charge in [0.1, 0.15) is 11.3 Å². The van der Waals surface area contributed by atoms with Crippen molar-refractivity contribution in [1.82, 2.24) is 5.32 Å². The molecule has 6 nitrogen and oxygen atoms in total. The molecular formula is C14H20N2O4. The fourth-order valence-electron chi connectivity index (χ4n) is 1.49. The molecule has 1 aromatic carbocycles. The van der Waals surface area contributed by atoms with E-state index in [0.717, 1.165) is 0 Å². The highest BCUT2D eigenvalue weighted by Gasteiger charge is 2.13. The Hall–Kier alpha value is -2.08. The Morgan fingerprint density at radius 3 is 2.60 bits per heavy atom. The number of aromatic hydroxyl groups is 1. The fraction of sp³-hybridized carbons (Fsp3) is 0.429. The predicted molar refractivity (Wildman–Crippen MR) is 75.8 cm³/mol. The van der Waals surface area contributed by atoms with Gasteiger partial charge in [0.05, 0.1) is 13.2 Å². The SMILES string of the molecule is CCOC(=O)c1ccc(NC(=O)CNC(C)C)cc1O. The van der Waals surface area contributed by atoms with Crippen LogP contribution in [0.2, 0.25) is 0 Å². The molecule has 3 N–H and O–H groups in total. The Labute approximate surface area is 118 Å². The van der Waals surface area contributed by atoms with Crippen LogP contribution >= 0.6 is 0 Å². The van der Waals surface area contributed by atoms with Crippen LogP contribution in [0.15, 0.2) is 18.2 Å². The molecule has 0 saturated carbocycles. The highest BCUT2D eigenvalue weighted by Crippen LogP contribution is 2.22. The van der Waals surface area contributed by atoms with Crippen molar-refractivity contribution in [2.45, 2.75) is 26.8 Å². The third-order valence-corrected chi connectivity index (χ3v) is 2.45. The average Bonchev–Trinajstić information content (AvgIpc) is 2.36. The molecule has 0 unspecified atom stereocenters. The van der Waals surface area contributed by atoms with E-state index in [1.165, 1.54) is 12.1 Å². The number of benzene rings is 1. The molecule has 0 saturated heterocycles. The molecule has 1 rings (SSSR count). The van der Waals surface area contributed by atoms with Gasteiger partial charge in [0.15, 0.2) is 0 Å². The normalized spacial score (nSPS) is 10.4. The number of carbonyl (C=O) groups excluding carboxylic acids is 2. The van der Waals surface area contributed by atoms with Gasteiger partial charge in [0.2, 0.25) is 5.91 Å². The largest absolute Gasteiger partial charge is 0.507 e. The molecule has 0 aromatic heterocycles. The van der Waals surface area contributed by atoms with Crippen molar-refractivity contribution in [3.05, 3.63) is 23.8 Å². The van der Waals surface area contributed by atoms with Crippen molar-refractivity contribution >= 4 is 17.6 Å². The molecular weight excluding hydrogens is 260 g/mol. The first kappa shape index (κ1) is 16.0. The summed E-state index contributed by atoms with van der Waals surface area (Å²) in [5.41, 5.74) is 0.497. The van der Waals surface area contributed by atoms with Gasteiger partial charge in [-0.05, 0) is 19.1 Å². The van der Waals surface area contributed by atoms with Crippen LogP contribution < -0.4 is 10.6 Å². The van der Waals surface area contributed by atoms with Crippen LogP contribution in [0, 0.1) is 0 Å². The van der Waals surface area contributed by atoms with E-state index in [4.69, 9.17) is 4.74 Å². The van der Waals surface area contributed by atoms with E-state index >= 15 is 0 Å². The number of phenolic OH excluding ortho intramolecular Hbond substituents is 1. The molecule has 0 radical (unpaired) electrons. The molecule has 0 fully saturated rings. The minimum Gasteiger partial charge on any atom is -0.507 e. The lowest BCUT2D eigenvalue weighted by atomic mass is 10.2. The lowest BCUT2D eigenvalue weighted by Gasteiger charge is -2.10. The summed E-state index contributed by atoms with van der Waals surface area (Å²) >= 11 is 0. The number of carbonyl (C=O) groups is 2. The van der Waals surface area contributed by atoms with Crippen molar-refractivity contribution in [3.63, 3.8) is 0 Å². The summed E-state index contributed by atoms with van der Waals surface area (Å²) in [6.07, 6.45) is 0. The van der Waals surface area contributed by atoms with Gasteiger partial charge in [-0.15, -0.1) is 0 Å². The molecule has 1 aromatic rings. The third-order valence-electron chi connectivity index (χ3n) is 2.45. The van der Waals surface area contributed by atoms with Gasteiger partial charge in [0.25, 0.3) is 0 Å². The molecule has 0 spiro atoms. The first-order valence-corrected chi connectivity index (χ1v) is 6.47. The molecule has 0 aliphatic heterocycles. The van der Waals surface area contributed by atoms with Crippen LogP contribution in [0.1, 0.15) is 31.1 Å². The molecule has 6 heteroatoms. The highest BCUT2D eigenvalue weighted by molar-refractivity contribution is 5.95. The molecule has 20 heavy (non-hydrogen) atoms. The Bertz CT molecular complexity index is 486. The van der Waals surface area contributed by atoms with Crippen molar-refractivity contribution < 1.29 is 19.4 Å². The second-order valence-corrected chi connectivity index (χ2v) is 4.54. The first-order chi connectivity index (χ1) is 9.43. The molecule has 0 aliphatic rings. The third kappa shape index (κ3) is 4.89. The number of rotatable bonds is 6. The second-order valence-electron chi connectivity index (χ2n) is 4.54. The van der Waals surface area contributed by atoms with Crippen LogP contribution in [-0.2, 0) is 9.53 Å². The van der Waals surface area contributed by atoms with Gasteiger partial charge < -0.3 is 20.5 Å². The maximum atomic E-state index is 11.6. The summed E-state index contributed by atoms with van der Waals surface area (Å²) in [7, 11) is 0. The van der Waals surface area contributed by atoms with E-state index in [9.17, 15) is 14.7 Å². The van der Waals surface area contributed by atoms with Crippen LogP contribution in [0.3, 0.4) is 0 Å². The van der Waals surface area contributed by atoms with E-state index < -0.39 is 5.97 Å². The van der Waals surface area contributed by atoms with Crippen LogP contribution in [-0.4, -0.2) is 36.2 Å². The van der Waals surface area contributed by atoms with E-state index in [1.54, 1.807) is 13.0 Å². The standard InChI is InChI=1S/C14H20N2O4/c1-4-20-14(19)11-6-5-10(7-12(11)17)16-13(18)8-15-9(2)3/h5-7,9,15,17H,4,8H2,1-3H3,(H,16,18). The summed E-state index contributed by atoms with van der Waals surface area (Å²) in [5, 5.41) is 15.4. The zero-order chi connectivity index (χ0) is 15.1. The van der Waals surface area contributed by atoms with Gasteiger partial charge in [-0.1, -0.05) is 13.8 Å². The number of amides is 1. The average molecular weight is 280 g/mol. The van der Waals surface area contributed by atoms with E-state index in [2.05, 4.69) is 10.6 Å². The monoisotopic (exact) mass is 280 g/mol. The van der Waals surface area contributed by atoms with Crippen molar-refractivity contribution in [2.24, 2.45) is 0 Å². The number of nitrogens with one attached hydrogen (secondary N) is 2. The second kappa shape index (κ2) is 7.49. The lowest BCUT2D eigenvalue weighted by molar-refractivity contribution is -0.115. The maximum absolute atomic E-state index is 11.6. The number of phenols is 1. The first-order valence-electron chi connectivity index (χ1n) is 6.47. The van der Waals surface area contributed by atoms with E-state index in [1.807, 2.05) is 13.8 Å². The van der Waals surface area contributed by atoms with Gasteiger partial charge in [-0.3, -0.25) is 4.79 Å². The fourth-order valence-corrected chi connectivity index (χ4v) is 1.49. The summed E-state index contributed by atoms with van der Waals surface area (Å²) in [5.74, 6) is -1.04. The molecule has 110 valence electrons. The lowest BCUT2D eigenvalue weighted by Crippen LogP contribution is -2.32. The number of hydrogen-bond acceptors (Lipinski definition) is 5. The Morgan fingerprint density at radius 2 is 2.05 bits per heavy atom. The van der Waals surface area contributed by atoms with Gasteiger partial charge in [-0.25, -0.2) is 4.79 Å². The van der Waals surface area contributed by atoms with E-state index in [-0.39, 0.29) is 36.4 Å². The minimum atomic E-state index is -0.593. The molecule has 0 bridgehead atoms. The topological polar surface area (TPSA) is 87.7 Å². The zero-order valence-electron chi connectivity index (χ0n) is 11.9. The van der Waals surface area contributed by atoms with Crippen molar-refractivity contribution in [2.75, 3.05) is 18.5 Å².